The van der Waals surface area contributed by atoms with Gasteiger partial charge < -0.3 is 9.64 Å². The van der Waals surface area contributed by atoms with Crippen LogP contribution < -0.4 is 4.74 Å². The summed E-state index contributed by atoms with van der Waals surface area (Å²) in [5, 5.41) is 0. The molecule has 36 heavy (non-hydrogen) atoms. The van der Waals surface area contributed by atoms with Crippen molar-refractivity contribution in [3.63, 3.8) is 0 Å². The van der Waals surface area contributed by atoms with Gasteiger partial charge in [-0.05, 0) is 53.9 Å². The van der Waals surface area contributed by atoms with Crippen LogP contribution >= 0.6 is 0 Å². The Balaban J connectivity index is 1.52. The Kier molecular flexibility index (Phi) is 5.97. The molecule has 4 nitrogen and oxygen atoms in total. The number of nitrogens with zero attached hydrogens (tertiary/aromatic N) is 1. The molecule has 0 N–H and O–H groups in total. The van der Waals surface area contributed by atoms with Gasteiger partial charge in [-0.15, -0.1) is 0 Å². The Hall–Kier alpha value is -3.14. The first-order valence-corrected chi connectivity index (χ1v) is 13.0. The topological polar surface area (TPSA) is 46.6 Å². The fourth-order valence-corrected chi connectivity index (χ4v) is 6.11. The monoisotopic (exact) mass is 483 g/mol. The first-order chi connectivity index (χ1) is 16.9. The highest BCUT2D eigenvalue weighted by Gasteiger charge is 2.48. The van der Waals surface area contributed by atoms with Gasteiger partial charge in [-0.3, -0.25) is 9.59 Å². The van der Waals surface area contributed by atoms with Crippen molar-refractivity contribution in [3.05, 3.63) is 87.8 Å². The van der Waals surface area contributed by atoms with Gasteiger partial charge in [0.1, 0.15) is 12.4 Å². The van der Waals surface area contributed by atoms with E-state index in [9.17, 15) is 9.59 Å². The predicted molar refractivity (Wildman–Crippen MR) is 143 cm³/mol. The summed E-state index contributed by atoms with van der Waals surface area (Å²) in [5.74, 6) is 0.816. The second-order valence-corrected chi connectivity index (χ2v) is 12.4. The summed E-state index contributed by atoms with van der Waals surface area (Å²) >= 11 is 0. The molecule has 0 amide bonds. The Morgan fingerprint density at radius 3 is 1.78 bits per heavy atom. The number of Topliss-reactive ketones (excluding diaryl/α,β-unsaturated/α-hetero) is 2. The summed E-state index contributed by atoms with van der Waals surface area (Å²) in [7, 11) is 2.05. The molecule has 0 saturated heterocycles. The van der Waals surface area contributed by atoms with Crippen LogP contribution in [-0.2, 0) is 16.2 Å². The molecule has 2 aromatic rings. The molecule has 0 saturated carbocycles. The SMILES string of the molecule is Cc1ccc(COc2ccc(C3C4=C(CC(C)(C)CC4=O)N(C)C4=C3C(=O)CC(C)(C)C4)cc2)cc1. The van der Waals surface area contributed by atoms with Gasteiger partial charge in [0.05, 0.1) is 0 Å². The maximum absolute atomic E-state index is 13.6. The molecular weight excluding hydrogens is 446 g/mol. The molecule has 1 aliphatic heterocycles. The average Bonchev–Trinajstić information content (AvgIpc) is 2.79. The molecule has 1 heterocycles. The second kappa shape index (κ2) is 8.76. The quantitative estimate of drug-likeness (QED) is 0.475. The van der Waals surface area contributed by atoms with Crippen LogP contribution in [0.3, 0.4) is 0 Å². The molecule has 0 fully saturated rings. The van der Waals surface area contributed by atoms with E-state index in [1.807, 2.05) is 31.3 Å². The number of aryl methyl sites for hydroxylation is 1. The van der Waals surface area contributed by atoms with Gasteiger partial charge in [-0.25, -0.2) is 0 Å². The average molecular weight is 484 g/mol. The molecule has 0 aromatic heterocycles. The third-order valence-electron chi connectivity index (χ3n) is 7.92. The number of allylic oxidation sites excluding steroid dienone is 4. The molecule has 0 unspecified atom stereocenters. The molecule has 0 atom stereocenters. The molecular formula is C32H37NO3. The van der Waals surface area contributed by atoms with Crippen LogP contribution in [0.2, 0.25) is 0 Å². The van der Waals surface area contributed by atoms with Crippen molar-refractivity contribution in [2.24, 2.45) is 10.8 Å². The number of hydrogen-bond donors (Lipinski definition) is 0. The molecule has 0 spiro atoms. The van der Waals surface area contributed by atoms with Crippen LogP contribution in [-0.4, -0.2) is 23.5 Å². The summed E-state index contributed by atoms with van der Waals surface area (Å²) in [6.07, 6.45) is 2.70. The Bertz CT molecular complexity index is 1220. The lowest BCUT2D eigenvalue weighted by Gasteiger charge is -2.47. The van der Waals surface area contributed by atoms with Crippen LogP contribution in [0.15, 0.2) is 71.1 Å². The second-order valence-electron chi connectivity index (χ2n) is 12.4. The van der Waals surface area contributed by atoms with E-state index >= 15 is 0 Å². The van der Waals surface area contributed by atoms with Gasteiger partial charge >= 0.3 is 0 Å². The highest BCUT2D eigenvalue weighted by molar-refractivity contribution is 6.06. The van der Waals surface area contributed by atoms with Crippen molar-refractivity contribution in [1.82, 2.24) is 4.90 Å². The number of rotatable bonds is 4. The lowest BCUT2D eigenvalue weighted by Crippen LogP contribution is -2.43. The maximum atomic E-state index is 13.6. The van der Waals surface area contributed by atoms with Crippen LogP contribution in [0.4, 0.5) is 0 Å². The fraction of sp³-hybridized carbons (Fsp3) is 0.438. The summed E-state index contributed by atoms with van der Waals surface area (Å²) in [4.78, 5) is 29.4. The molecule has 2 aromatic carbocycles. The van der Waals surface area contributed by atoms with Crippen LogP contribution in [0.1, 0.15) is 76.0 Å². The van der Waals surface area contributed by atoms with Crippen molar-refractivity contribution in [3.8, 4) is 5.75 Å². The zero-order valence-corrected chi connectivity index (χ0v) is 22.4. The number of hydrogen-bond acceptors (Lipinski definition) is 4. The lowest BCUT2D eigenvalue weighted by atomic mass is 9.64. The fourth-order valence-electron chi connectivity index (χ4n) is 6.11. The van der Waals surface area contributed by atoms with E-state index < -0.39 is 0 Å². The van der Waals surface area contributed by atoms with Crippen molar-refractivity contribution in [2.75, 3.05) is 7.05 Å². The first-order valence-electron chi connectivity index (χ1n) is 13.0. The molecule has 0 radical (unpaired) electrons. The smallest absolute Gasteiger partial charge is 0.162 e. The number of carbonyl (C=O) groups excluding carboxylic acids is 2. The van der Waals surface area contributed by atoms with E-state index in [4.69, 9.17) is 4.74 Å². The third-order valence-corrected chi connectivity index (χ3v) is 7.92. The zero-order chi connectivity index (χ0) is 25.8. The van der Waals surface area contributed by atoms with E-state index in [-0.39, 0.29) is 28.3 Å². The lowest BCUT2D eigenvalue weighted by molar-refractivity contribution is -0.119. The number of benzene rings is 2. The molecule has 0 bridgehead atoms. The molecule has 5 rings (SSSR count). The minimum Gasteiger partial charge on any atom is -0.489 e. The highest BCUT2D eigenvalue weighted by atomic mass is 16.5. The van der Waals surface area contributed by atoms with Gasteiger partial charge in [-0.1, -0.05) is 69.7 Å². The van der Waals surface area contributed by atoms with Gasteiger partial charge in [0.25, 0.3) is 0 Å². The molecule has 4 heteroatoms. The van der Waals surface area contributed by atoms with Crippen molar-refractivity contribution >= 4 is 11.6 Å². The summed E-state index contributed by atoms with van der Waals surface area (Å²) in [6.45, 7) is 11.2. The zero-order valence-electron chi connectivity index (χ0n) is 22.4. The highest BCUT2D eigenvalue weighted by Crippen LogP contribution is 2.53. The maximum Gasteiger partial charge on any atom is 0.162 e. The largest absolute Gasteiger partial charge is 0.489 e. The molecule has 2 aliphatic carbocycles. The van der Waals surface area contributed by atoms with E-state index in [1.165, 1.54) is 5.56 Å². The van der Waals surface area contributed by atoms with Gasteiger partial charge in [-0.2, -0.15) is 0 Å². The van der Waals surface area contributed by atoms with Crippen molar-refractivity contribution in [1.29, 1.82) is 0 Å². The Labute approximate surface area is 215 Å². The number of ether oxygens (including phenoxy) is 1. The summed E-state index contributed by atoms with van der Waals surface area (Å²) in [6, 6.07) is 16.3. The molecule has 3 aliphatic rings. The van der Waals surface area contributed by atoms with Gasteiger partial charge in [0.15, 0.2) is 11.6 Å². The van der Waals surface area contributed by atoms with E-state index in [1.54, 1.807) is 0 Å². The van der Waals surface area contributed by atoms with E-state index in [0.717, 1.165) is 52.3 Å². The third kappa shape index (κ3) is 4.54. The van der Waals surface area contributed by atoms with Crippen LogP contribution in [0.5, 0.6) is 5.75 Å². The Morgan fingerprint density at radius 2 is 1.28 bits per heavy atom. The number of ketones is 2. The predicted octanol–water partition coefficient (Wildman–Crippen LogP) is 6.89. The molecule has 188 valence electrons. The van der Waals surface area contributed by atoms with E-state index in [2.05, 4.69) is 63.8 Å². The standard InChI is InChI=1S/C32H37NO3/c1-20-7-9-21(10-8-20)19-36-23-13-11-22(12-14-23)28-29-24(15-31(2,3)17-26(29)34)33(6)25-16-32(4,5)18-27(35)30(25)28/h7-14,28H,15-19H2,1-6H3. The van der Waals surface area contributed by atoms with Gasteiger partial charge in [0, 0.05) is 48.3 Å². The number of carbonyl (C=O) groups is 2. The summed E-state index contributed by atoms with van der Waals surface area (Å²) < 4.78 is 6.04. The normalized spacial score (nSPS) is 21.4. The van der Waals surface area contributed by atoms with Crippen molar-refractivity contribution in [2.45, 2.75) is 72.8 Å². The minimum atomic E-state index is -0.301. The minimum absolute atomic E-state index is 0.0886. The van der Waals surface area contributed by atoms with Gasteiger partial charge in [0.2, 0.25) is 0 Å². The van der Waals surface area contributed by atoms with Crippen LogP contribution in [0.25, 0.3) is 0 Å². The Morgan fingerprint density at radius 1 is 0.778 bits per heavy atom. The summed E-state index contributed by atoms with van der Waals surface area (Å²) in [5.41, 5.74) is 6.97. The van der Waals surface area contributed by atoms with Crippen LogP contribution in [0, 0.1) is 17.8 Å². The van der Waals surface area contributed by atoms with Crippen molar-refractivity contribution < 1.29 is 14.3 Å². The first kappa shape index (κ1) is 24.5. The van der Waals surface area contributed by atoms with E-state index in [0.29, 0.717) is 19.4 Å².